The van der Waals surface area contributed by atoms with Crippen molar-refractivity contribution in [2.75, 3.05) is 13.2 Å². The van der Waals surface area contributed by atoms with Gasteiger partial charge in [0.05, 0.1) is 25.8 Å². The summed E-state index contributed by atoms with van der Waals surface area (Å²) < 4.78 is 13.2. The van der Waals surface area contributed by atoms with Crippen molar-refractivity contribution in [3.8, 4) is 0 Å². The predicted octanol–water partition coefficient (Wildman–Crippen LogP) is 0.539. The molecule has 96 valence electrons. The van der Waals surface area contributed by atoms with Gasteiger partial charge in [0.1, 0.15) is 12.2 Å². The molecular weight excluding hydrogens is 220 g/mol. The molecule has 2 heterocycles. The van der Waals surface area contributed by atoms with Crippen molar-refractivity contribution in [2.45, 2.75) is 45.7 Å². The minimum atomic E-state index is -0.457. The third-order valence-corrected chi connectivity index (χ3v) is 2.85. The lowest BCUT2D eigenvalue weighted by Crippen LogP contribution is -2.48. The third kappa shape index (κ3) is 3.24. The summed E-state index contributed by atoms with van der Waals surface area (Å²) in [5.41, 5.74) is 0. The second-order valence-corrected chi connectivity index (χ2v) is 4.63. The van der Waals surface area contributed by atoms with Crippen LogP contribution in [-0.4, -0.2) is 39.8 Å². The SMILES string of the molecule is CCn1cnnc1CNC1COC(C)(C)OC1. The Morgan fingerprint density at radius 3 is 2.82 bits per heavy atom. The lowest BCUT2D eigenvalue weighted by molar-refractivity contribution is -0.253. The number of hydrogen-bond donors (Lipinski definition) is 1. The van der Waals surface area contributed by atoms with Crippen LogP contribution in [0.15, 0.2) is 6.33 Å². The van der Waals surface area contributed by atoms with Gasteiger partial charge in [-0.25, -0.2) is 0 Å². The molecule has 0 saturated carbocycles. The molecule has 1 aromatic rings. The van der Waals surface area contributed by atoms with E-state index < -0.39 is 5.79 Å². The second-order valence-electron chi connectivity index (χ2n) is 4.63. The summed E-state index contributed by atoms with van der Waals surface area (Å²) in [7, 11) is 0. The molecule has 0 atom stereocenters. The van der Waals surface area contributed by atoms with Gasteiger partial charge in [-0.15, -0.1) is 10.2 Å². The summed E-state index contributed by atoms with van der Waals surface area (Å²) >= 11 is 0. The third-order valence-electron chi connectivity index (χ3n) is 2.85. The topological polar surface area (TPSA) is 61.2 Å². The summed E-state index contributed by atoms with van der Waals surface area (Å²) in [6.07, 6.45) is 1.74. The molecule has 1 fully saturated rings. The lowest BCUT2D eigenvalue weighted by atomic mass is 10.2. The first-order valence-electron chi connectivity index (χ1n) is 5.98. The molecule has 2 rings (SSSR count). The minimum Gasteiger partial charge on any atom is -0.349 e. The predicted molar refractivity (Wildman–Crippen MR) is 62.3 cm³/mol. The highest BCUT2D eigenvalue weighted by Gasteiger charge is 2.28. The molecule has 0 aromatic carbocycles. The standard InChI is InChI=1S/C11H20N4O2/c1-4-15-8-13-14-10(15)5-12-9-6-16-11(2,3)17-7-9/h8-9,12H,4-7H2,1-3H3. The van der Waals surface area contributed by atoms with E-state index in [-0.39, 0.29) is 6.04 Å². The van der Waals surface area contributed by atoms with Gasteiger partial charge in [0, 0.05) is 6.54 Å². The van der Waals surface area contributed by atoms with E-state index >= 15 is 0 Å². The van der Waals surface area contributed by atoms with E-state index in [1.165, 1.54) is 0 Å². The van der Waals surface area contributed by atoms with Crippen LogP contribution < -0.4 is 5.32 Å². The molecule has 0 radical (unpaired) electrons. The molecule has 0 aliphatic carbocycles. The Bertz CT molecular complexity index is 354. The summed E-state index contributed by atoms with van der Waals surface area (Å²) in [6.45, 7) is 8.82. The number of aromatic nitrogens is 3. The normalized spacial score (nSPS) is 20.6. The van der Waals surface area contributed by atoms with Crippen molar-refractivity contribution >= 4 is 0 Å². The molecule has 17 heavy (non-hydrogen) atoms. The lowest BCUT2D eigenvalue weighted by Gasteiger charge is -2.35. The maximum atomic E-state index is 5.58. The molecule has 1 aliphatic rings. The molecule has 0 amide bonds. The van der Waals surface area contributed by atoms with Crippen LogP contribution in [0.1, 0.15) is 26.6 Å². The Morgan fingerprint density at radius 2 is 2.18 bits per heavy atom. The van der Waals surface area contributed by atoms with E-state index in [4.69, 9.17) is 9.47 Å². The Kier molecular flexibility index (Phi) is 3.76. The number of rotatable bonds is 4. The summed E-state index contributed by atoms with van der Waals surface area (Å²) in [5, 5.41) is 11.3. The van der Waals surface area contributed by atoms with Crippen LogP contribution >= 0.6 is 0 Å². The first-order valence-corrected chi connectivity index (χ1v) is 5.98. The molecule has 1 aliphatic heterocycles. The molecule has 0 spiro atoms. The average molecular weight is 240 g/mol. The van der Waals surface area contributed by atoms with Gasteiger partial charge in [-0.05, 0) is 20.8 Å². The summed E-state index contributed by atoms with van der Waals surface area (Å²) in [4.78, 5) is 0. The van der Waals surface area contributed by atoms with Gasteiger partial charge in [0.15, 0.2) is 5.79 Å². The molecule has 0 unspecified atom stereocenters. The monoisotopic (exact) mass is 240 g/mol. The maximum absolute atomic E-state index is 5.58. The van der Waals surface area contributed by atoms with E-state index in [1.54, 1.807) is 6.33 Å². The van der Waals surface area contributed by atoms with E-state index in [2.05, 4.69) is 22.4 Å². The fourth-order valence-electron chi connectivity index (χ4n) is 1.73. The van der Waals surface area contributed by atoms with E-state index in [0.717, 1.165) is 12.4 Å². The van der Waals surface area contributed by atoms with Crippen molar-refractivity contribution in [3.63, 3.8) is 0 Å². The Balaban J connectivity index is 1.80. The second kappa shape index (κ2) is 5.12. The van der Waals surface area contributed by atoms with Gasteiger partial charge in [-0.1, -0.05) is 0 Å². The number of nitrogens with zero attached hydrogens (tertiary/aromatic N) is 3. The van der Waals surface area contributed by atoms with E-state index in [0.29, 0.717) is 19.8 Å². The van der Waals surface area contributed by atoms with Crippen LogP contribution in [0.3, 0.4) is 0 Å². The number of aryl methyl sites for hydroxylation is 1. The van der Waals surface area contributed by atoms with Crippen LogP contribution in [0.5, 0.6) is 0 Å². The molecule has 1 saturated heterocycles. The van der Waals surface area contributed by atoms with Crippen molar-refractivity contribution in [1.29, 1.82) is 0 Å². The highest BCUT2D eigenvalue weighted by Crippen LogP contribution is 2.16. The molecule has 6 heteroatoms. The molecule has 0 bridgehead atoms. The Hall–Kier alpha value is -0.980. The highest BCUT2D eigenvalue weighted by atomic mass is 16.7. The van der Waals surface area contributed by atoms with Crippen molar-refractivity contribution in [3.05, 3.63) is 12.2 Å². The molecule has 1 N–H and O–H groups in total. The quantitative estimate of drug-likeness (QED) is 0.832. The molecular formula is C11H20N4O2. The van der Waals surface area contributed by atoms with E-state index in [9.17, 15) is 0 Å². The maximum Gasteiger partial charge on any atom is 0.162 e. The van der Waals surface area contributed by atoms with Gasteiger partial charge in [-0.3, -0.25) is 0 Å². The first-order chi connectivity index (χ1) is 8.11. The van der Waals surface area contributed by atoms with Crippen LogP contribution in [0.2, 0.25) is 0 Å². The van der Waals surface area contributed by atoms with Crippen LogP contribution in [-0.2, 0) is 22.6 Å². The Morgan fingerprint density at radius 1 is 1.47 bits per heavy atom. The van der Waals surface area contributed by atoms with Gasteiger partial charge in [0.2, 0.25) is 0 Å². The zero-order chi connectivity index (χ0) is 12.3. The number of nitrogens with one attached hydrogen (secondary N) is 1. The molecule has 6 nitrogen and oxygen atoms in total. The fraction of sp³-hybridized carbons (Fsp3) is 0.818. The zero-order valence-corrected chi connectivity index (χ0v) is 10.6. The summed E-state index contributed by atoms with van der Waals surface area (Å²) in [5.74, 6) is 0.485. The number of hydrogen-bond acceptors (Lipinski definition) is 5. The highest BCUT2D eigenvalue weighted by molar-refractivity contribution is 4.86. The van der Waals surface area contributed by atoms with Gasteiger partial charge in [0.25, 0.3) is 0 Å². The van der Waals surface area contributed by atoms with Crippen LogP contribution in [0.25, 0.3) is 0 Å². The molecule has 1 aromatic heterocycles. The minimum absolute atomic E-state index is 0.213. The van der Waals surface area contributed by atoms with E-state index in [1.807, 2.05) is 18.4 Å². The van der Waals surface area contributed by atoms with Crippen molar-refractivity contribution in [1.82, 2.24) is 20.1 Å². The smallest absolute Gasteiger partial charge is 0.162 e. The average Bonchev–Trinajstić information content (AvgIpc) is 2.75. The van der Waals surface area contributed by atoms with Gasteiger partial charge >= 0.3 is 0 Å². The van der Waals surface area contributed by atoms with Gasteiger partial charge in [-0.2, -0.15) is 0 Å². The number of ether oxygens (including phenoxy) is 2. The summed E-state index contributed by atoms with van der Waals surface area (Å²) in [6, 6.07) is 0.213. The van der Waals surface area contributed by atoms with Crippen LogP contribution in [0.4, 0.5) is 0 Å². The van der Waals surface area contributed by atoms with Gasteiger partial charge < -0.3 is 19.4 Å². The fourth-order valence-corrected chi connectivity index (χ4v) is 1.73. The van der Waals surface area contributed by atoms with Crippen LogP contribution in [0, 0.1) is 0 Å². The Labute approximate surface area is 101 Å². The van der Waals surface area contributed by atoms with Crippen molar-refractivity contribution < 1.29 is 9.47 Å². The van der Waals surface area contributed by atoms with Crippen molar-refractivity contribution in [2.24, 2.45) is 0 Å². The first kappa shape index (κ1) is 12.5. The zero-order valence-electron chi connectivity index (χ0n) is 10.6. The largest absolute Gasteiger partial charge is 0.349 e.